The monoisotopic (exact) mass is 355 g/mol. The summed E-state index contributed by atoms with van der Waals surface area (Å²) in [4.78, 5) is 24.7. The maximum Gasteiger partial charge on any atom is 0.435 e. The highest BCUT2D eigenvalue weighted by Gasteiger charge is 2.52. The number of amides is 2. The van der Waals surface area contributed by atoms with Gasteiger partial charge in [-0.25, -0.2) is 20.2 Å². The maximum absolute atomic E-state index is 12.8. The number of primary sulfonamides is 1. The number of carbonyl (C=O) groups excluding carboxylic acids is 1. The average molecular weight is 355 g/mol. The third kappa shape index (κ3) is 3.13. The summed E-state index contributed by atoms with van der Waals surface area (Å²) in [5.74, 6) is 0.260. The van der Waals surface area contributed by atoms with Crippen LogP contribution in [0.4, 0.5) is 10.7 Å². The SMILES string of the molecule is COc1cc(C)nc(NC(=O)[N+]2(C(C)C)C=CN=C2S(N)(=O)=O)n1. The second kappa shape index (κ2) is 6.26. The second-order valence-electron chi connectivity index (χ2n) is 5.43. The molecule has 0 saturated heterocycles. The summed E-state index contributed by atoms with van der Waals surface area (Å²) < 4.78 is 28.0. The molecule has 2 rings (SSSR count). The molecule has 3 N–H and O–H groups in total. The van der Waals surface area contributed by atoms with Crippen LogP contribution in [0.1, 0.15) is 19.5 Å². The van der Waals surface area contributed by atoms with Crippen molar-refractivity contribution in [3.8, 4) is 5.88 Å². The summed E-state index contributed by atoms with van der Waals surface area (Å²) >= 11 is 0. The Hall–Kier alpha value is -2.37. The molecule has 0 bridgehead atoms. The Morgan fingerprint density at radius 1 is 1.38 bits per heavy atom. The van der Waals surface area contributed by atoms with Crippen molar-refractivity contribution in [1.29, 1.82) is 0 Å². The van der Waals surface area contributed by atoms with Crippen LogP contribution in [-0.2, 0) is 10.0 Å². The normalized spacial score (nSPS) is 20.2. The fourth-order valence-electron chi connectivity index (χ4n) is 2.32. The predicted molar refractivity (Wildman–Crippen MR) is 87.4 cm³/mol. The zero-order valence-corrected chi connectivity index (χ0v) is 14.5. The third-order valence-corrected chi connectivity index (χ3v) is 4.38. The van der Waals surface area contributed by atoms with Crippen molar-refractivity contribution in [3.63, 3.8) is 0 Å². The van der Waals surface area contributed by atoms with Crippen molar-refractivity contribution in [3.05, 3.63) is 24.2 Å². The fourth-order valence-corrected chi connectivity index (χ4v) is 3.30. The molecule has 24 heavy (non-hydrogen) atoms. The van der Waals surface area contributed by atoms with E-state index in [4.69, 9.17) is 9.88 Å². The number of sulfonamides is 1. The summed E-state index contributed by atoms with van der Waals surface area (Å²) in [7, 11) is -2.75. The number of aromatic nitrogens is 2. The van der Waals surface area contributed by atoms with Crippen molar-refractivity contribution in [2.45, 2.75) is 26.8 Å². The van der Waals surface area contributed by atoms with Gasteiger partial charge in [0.15, 0.2) is 0 Å². The molecule has 130 valence electrons. The van der Waals surface area contributed by atoms with E-state index >= 15 is 0 Å². The number of aryl methyl sites for hydroxylation is 1. The van der Waals surface area contributed by atoms with Gasteiger partial charge < -0.3 is 4.74 Å². The molecular weight excluding hydrogens is 336 g/mol. The minimum Gasteiger partial charge on any atom is -0.481 e. The average Bonchev–Trinajstić information content (AvgIpc) is 2.92. The van der Waals surface area contributed by atoms with Gasteiger partial charge in [-0.05, 0) is 20.8 Å². The van der Waals surface area contributed by atoms with Gasteiger partial charge in [-0.2, -0.15) is 22.9 Å². The number of amidine groups is 1. The van der Waals surface area contributed by atoms with Gasteiger partial charge in [0.2, 0.25) is 11.8 Å². The van der Waals surface area contributed by atoms with E-state index in [1.54, 1.807) is 26.8 Å². The maximum atomic E-state index is 12.8. The Balaban J connectivity index is 2.44. The first kappa shape index (κ1) is 18.0. The molecule has 10 nitrogen and oxygen atoms in total. The summed E-state index contributed by atoms with van der Waals surface area (Å²) in [6.07, 6.45) is 2.59. The Kier molecular flexibility index (Phi) is 4.69. The number of hydrogen-bond donors (Lipinski definition) is 2. The number of carbonyl (C=O) groups is 1. The number of urea groups is 1. The Labute approximate surface area is 139 Å². The zero-order chi connectivity index (χ0) is 18.1. The molecule has 1 aromatic heterocycles. The molecule has 0 aromatic carbocycles. The summed E-state index contributed by atoms with van der Waals surface area (Å²) in [5.41, 5.74) is 0.575. The number of nitrogens with two attached hydrogens (primary N) is 1. The predicted octanol–water partition coefficient (Wildman–Crippen LogP) is 0.680. The number of aliphatic imine (C=N–C) groups is 1. The van der Waals surface area contributed by atoms with Crippen molar-refractivity contribution in [2.75, 3.05) is 12.4 Å². The third-order valence-electron chi connectivity index (χ3n) is 3.47. The van der Waals surface area contributed by atoms with Crippen molar-refractivity contribution in [1.82, 2.24) is 9.97 Å². The van der Waals surface area contributed by atoms with Crippen LogP contribution < -0.4 is 15.2 Å². The molecule has 1 aliphatic heterocycles. The lowest BCUT2D eigenvalue weighted by molar-refractivity contribution is -0.718. The van der Waals surface area contributed by atoms with Crippen molar-refractivity contribution < 1.29 is 22.4 Å². The molecule has 1 aliphatic rings. The Morgan fingerprint density at radius 2 is 2.04 bits per heavy atom. The van der Waals surface area contributed by atoms with Crippen LogP contribution in [0.5, 0.6) is 5.88 Å². The van der Waals surface area contributed by atoms with E-state index in [-0.39, 0.29) is 11.8 Å². The van der Waals surface area contributed by atoms with Gasteiger partial charge in [0.25, 0.3) is 0 Å². The van der Waals surface area contributed by atoms with Crippen LogP contribution in [0, 0.1) is 6.92 Å². The molecule has 0 saturated carbocycles. The zero-order valence-electron chi connectivity index (χ0n) is 13.7. The molecule has 0 spiro atoms. The molecule has 0 fully saturated rings. The van der Waals surface area contributed by atoms with Gasteiger partial charge in [0, 0.05) is 11.8 Å². The van der Waals surface area contributed by atoms with Gasteiger partial charge >= 0.3 is 21.2 Å². The van der Waals surface area contributed by atoms with Crippen LogP contribution in [0.2, 0.25) is 0 Å². The summed E-state index contributed by atoms with van der Waals surface area (Å²) in [6.45, 7) is 5.06. The van der Waals surface area contributed by atoms with Gasteiger partial charge in [-0.3, -0.25) is 0 Å². The highest BCUT2D eigenvalue weighted by molar-refractivity contribution is 8.04. The second-order valence-corrected chi connectivity index (χ2v) is 6.89. The molecule has 11 heteroatoms. The van der Waals surface area contributed by atoms with Crippen LogP contribution in [0.25, 0.3) is 0 Å². The highest BCUT2D eigenvalue weighted by atomic mass is 32.2. The first-order chi connectivity index (χ1) is 11.1. The van der Waals surface area contributed by atoms with E-state index in [2.05, 4.69) is 20.3 Å². The number of rotatable bonds is 3. The minimum atomic E-state index is -4.18. The van der Waals surface area contributed by atoms with Crippen molar-refractivity contribution in [2.24, 2.45) is 10.1 Å². The van der Waals surface area contributed by atoms with Gasteiger partial charge in [-0.15, -0.1) is 0 Å². The number of methoxy groups -OCH3 is 1. The number of nitrogens with one attached hydrogen (secondary N) is 1. The van der Waals surface area contributed by atoms with Gasteiger partial charge in [-0.1, -0.05) is 0 Å². The van der Waals surface area contributed by atoms with Crippen LogP contribution in [0.15, 0.2) is 23.5 Å². The standard InChI is InChI=1S/C13H18N6O4S/c1-8(2)19(6-5-15-13(19)24(14,21)22)12(20)18-11-16-9(3)7-10(17-11)23-4/h5-8H,1-4H3,(H2-,14,16,17,18,20,21,22)/p+1. The molecule has 1 atom stereocenters. The first-order valence-corrected chi connectivity index (χ1v) is 8.54. The molecule has 0 radical (unpaired) electrons. The number of ether oxygens (including phenoxy) is 1. The number of hydrogen-bond acceptors (Lipinski definition) is 7. The largest absolute Gasteiger partial charge is 0.481 e. The molecule has 1 aromatic rings. The molecular formula is C13H19N6O4S+. The van der Waals surface area contributed by atoms with Crippen LogP contribution >= 0.6 is 0 Å². The molecule has 0 aliphatic carbocycles. The lowest BCUT2D eigenvalue weighted by Crippen LogP contribution is -2.61. The minimum absolute atomic E-state index is 0.0101. The van der Waals surface area contributed by atoms with E-state index in [1.807, 2.05) is 0 Å². The number of nitrogens with zero attached hydrogens (tertiary/aromatic N) is 4. The Morgan fingerprint density at radius 3 is 2.58 bits per heavy atom. The van der Waals surface area contributed by atoms with Gasteiger partial charge in [0.05, 0.1) is 13.3 Å². The van der Waals surface area contributed by atoms with Crippen molar-refractivity contribution >= 4 is 27.2 Å². The van der Waals surface area contributed by atoms with E-state index < -0.39 is 31.7 Å². The fraction of sp³-hybridized carbons (Fsp3) is 0.385. The topological polar surface area (TPSA) is 137 Å². The van der Waals surface area contributed by atoms with E-state index in [0.29, 0.717) is 5.69 Å². The lowest BCUT2D eigenvalue weighted by atomic mass is 10.3. The van der Waals surface area contributed by atoms with Gasteiger partial charge in [0.1, 0.15) is 12.2 Å². The Bertz CT molecular complexity index is 833. The summed E-state index contributed by atoms with van der Waals surface area (Å²) in [6, 6.07) is 0.418. The smallest absolute Gasteiger partial charge is 0.435 e. The number of anilines is 1. The van der Waals surface area contributed by atoms with E-state index in [0.717, 1.165) is 0 Å². The first-order valence-electron chi connectivity index (χ1n) is 6.99. The summed E-state index contributed by atoms with van der Waals surface area (Å²) in [5, 5.41) is 7.25. The highest BCUT2D eigenvalue weighted by Crippen LogP contribution is 2.26. The quantitative estimate of drug-likeness (QED) is 0.765. The van der Waals surface area contributed by atoms with E-state index in [9.17, 15) is 13.2 Å². The van der Waals surface area contributed by atoms with Crippen LogP contribution in [0.3, 0.4) is 0 Å². The number of quaternary nitrogens is 1. The van der Waals surface area contributed by atoms with Crippen LogP contribution in [-0.4, -0.2) is 47.2 Å². The molecule has 2 amide bonds. The molecule has 2 heterocycles. The lowest BCUT2D eigenvalue weighted by Gasteiger charge is -2.31. The van der Waals surface area contributed by atoms with E-state index in [1.165, 1.54) is 19.5 Å². The molecule has 1 unspecified atom stereocenters.